The quantitative estimate of drug-likeness (QED) is 0.0336. The van der Waals surface area contributed by atoms with E-state index in [2.05, 4.69) is 109 Å². The highest BCUT2D eigenvalue weighted by Gasteiger charge is 2.53. The number of alkyl halides is 1. The number of amides is 3. The molecular formula is C68H88FN15O5S. The van der Waals surface area contributed by atoms with Crippen molar-refractivity contribution in [3.05, 3.63) is 107 Å². The fourth-order valence-corrected chi connectivity index (χ4v) is 14.2. The van der Waals surface area contributed by atoms with E-state index in [0.29, 0.717) is 42.8 Å². The number of nitrogens with zero attached hydrogens (tertiary/aromatic N) is 9. The zero-order valence-corrected chi connectivity index (χ0v) is 53.7. The van der Waals surface area contributed by atoms with Crippen molar-refractivity contribution < 1.29 is 28.6 Å². The van der Waals surface area contributed by atoms with Crippen molar-refractivity contribution in [1.29, 1.82) is 0 Å². The van der Waals surface area contributed by atoms with Gasteiger partial charge in [0.05, 0.1) is 34.1 Å². The summed E-state index contributed by atoms with van der Waals surface area (Å²) in [6.45, 7) is 20.5. The number of piperidine rings is 3. The number of aryl methyl sites for hydroxylation is 1. The molecule has 4 aromatic heterocycles. The Morgan fingerprint density at radius 2 is 1.73 bits per heavy atom. The lowest BCUT2D eigenvalue weighted by Gasteiger charge is -2.42. The average molecular weight is 1250 g/mol. The molecule has 0 bridgehead atoms. The van der Waals surface area contributed by atoms with Gasteiger partial charge in [0.1, 0.15) is 24.4 Å². The number of hydrogen-bond acceptors (Lipinski definition) is 17. The van der Waals surface area contributed by atoms with Crippen LogP contribution >= 0.6 is 11.3 Å². The molecule has 3 amide bonds. The van der Waals surface area contributed by atoms with Gasteiger partial charge in [-0.05, 0) is 149 Å². The zero-order valence-electron chi connectivity index (χ0n) is 52.9. The number of aliphatic hydroxyl groups excluding tert-OH is 1. The number of nitrogens with one attached hydrogen (secondary N) is 6. The average Bonchev–Trinajstić information content (AvgIpc) is 2.10. The standard InChI is InChI=1S/C68H88FN15O5S/c1-42(2)55-39-76-84-61(55)79-65(77-50-11-9-24-70-38-50)80-66(84)74-36-47-10-7-8-12-53(47)58-54-16-15-49(32-45(54)17-25-71-58)72-35-44-18-28-82(29-19-44)51-20-26-81(27-21-51)30-31-89-57-33-46(59-43(3)75-41-90-59)13-14-48(57)37-73-62(86)56-34-52(85)40-83(56)63(87)60(67(4,5)6)78-64(88)68(69)22-23-68/h7-8,10,12-17,25,32-33,39,41-42,44,50-52,56,60,70,72,85H,9,11,18-24,26-31,34-38,40H2,1-6H3,(H,73,86)(H,78,88)(H2,74,77,79,80)/t50-,52-,56+,60-/m1/s1. The van der Waals surface area contributed by atoms with Crippen molar-refractivity contribution in [3.8, 4) is 27.4 Å². The van der Waals surface area contributed by atoms with E-state index >= 15 is 0 Å². The Morgan fingerprint density at radius 1 is 0.922 bits per heavy atom. The molecule has 12 rings (SSSR count). The molecule has 22 heteroatoms. The van der Waals surface area contributed by atoms with Crippen LogP contribution in [0, 0.1) is 18.3 Å². The fourth-order valence-electron chi connectivity index (χ4n) is 13.4. The Balaban J connectivity index is 0.612. The van der Waals surface area contributed by atoms with Crippen LogP contribution in [0.2, 0.25) is 0 Å². The van der Waals surface area contributed by atoms with Gasteiger partial charge in [0.25, 0.3) is 5.91 Å². The number of pyridine rings is 1. The molecule has 478 valence electrons. The van der Waals surface area contributed by atoms with Crippen molar-refractivity contribution in [2.45, 2.75) is 154 Å². The van der Waals surface area contributed by atoms with Crippen LogP contribution in [-0.4, -0.2) is 169 Å². The molecule has 5 aliphatic rings. The summed E-state index contributed by atoms with van der Waals surface area (Å²) in [4.78, 5) is 67.8. The normalized spacial score (nSPS) is 20.5. The van der Waals surface area contributed by atoms with Crippen molar-refractivity contribution in [3.63, 3.8) is 0 Å². The third-order valence-electron chi connectivity index (χ3n) is 19.0. The summed E-state index contributed by atoms with van der Waals surface area (Å²) in [5, 5.41) is 37.9. The smallest absolute Gasteiger partial charge is 0.258 e. The maximum absolute atomic E-state index is 14.8. The minimum atomic E-state index is -1.97. The Morgan fingerprint density at radius 3 is 2.48 bits per heavy atom. The number of anilines is 3. The molecular weight excluding hydrogens is 1160 g/mol. The lowest BCUT2D eigenvalue weighted by molar-refractivity contribution is -0.145. The van der Waals surface area contributed by atoms with E-state index in [9.17, 15) is 23.9 Å². The Hall–Kier alpha value is -7.37. The van der Waals surface area contributed by atoms with Gasteiger partial charge in [0.2, 0.25) is 23.7 Å². The fraction of sp³-hybridized carbons (Fsp3) is 0.529. The second-order valence-electron chi connectivity index (χ2n) is 26.9. The second kappa shape index (κ2) is 27.2. The van der Waals surface area contributed by atoms with Gasteiger partial charge in [0.15, 0.2) is 11.3 Å². The highest BCUT2D eigenvalue weighted by Crippen LogP contribution is 2.41. The van der Waals surface area contributed by atoms with Crippen LogP contribution < -0.4 is 36.6 Å². The predicted octanol–water partition coefficient (Wildman–Crippen LogP) is 8.95. The summed E-state index contributed by atoms with van der Waals surface area (Å²) >= 11 is 1.56. The molecule has 90 heavy (non-hydrogen) atoms. The number of halogens is 1. The van der Waals surface area contributed by atoms with E-state index in [4.69, 9.17) is 24.8 Å². The molecule has 7 N–H and O–H groups in total. The number of aromatic nitrogens is 6. The highest BCUT2D eigenvalue weighted by atomic mass is 32.1. The van der Waals surface area contributed by atoms with E-state index in [1.165, 1.54) is 4.90 Å². The Bertz CT molecular complexity index is 3680. The third-order valence-corrected chi connectivity index (χ3v) is 20.0. The number of ether oxygens (including phenoxy) is 1. The van der Waals surface area contributed by atoms with Crippen molar-refractivity contribution >= 4 is 63.1 Å². The van der Waals surface area contributed by atoms with Crippen LogP contribution in [-0.2, 0) is 27.5 Å². The molecule has 1 aliphatic carbocycles. The number of rotatable bonds is 22. The lowest BCUT2D eigenvalue weighted by Crippen LogP contribution is -2.59. The summed E-state index contributed by atoms with van der Waals surface area (Å²) in [5.41, 5.74) is 7.89. The monoisotopic (exact) mass is 1250 g/mol. The summed E-state index contributed by atoms with van der Waals surface area (Å²) in [5.74, 6) is 0.993. The minimum Gasteiger partial charge on any atom is -0.492 e. The Labute approximate surface area is 531 Å². The number of carbonyl (C=O) groups is 3. The molecule has 4 aliphatic heterocycles. The maximum Gasteiger partial charge on any atom is 0.258 e. The van der Waals surface area contributed by atoms with Crippen molar-refractivity contribution in [2.24, 2.45) is 11.3 Å². The number of hydrogen-bond donors (Lipinski definition) is 7. The topological polar surface area (TPSA) is 231 Å². The number of fused-ring (bicyclic) bond motifs is 2. The largest absolute Gasteiger partial charge is 0.492 e. The first-order chi connectivity index (χ1) is 43.4. The third kappa shape index (κ3) is 14.4. The number of carbonyl (C=O) groups excluding carboxylic acids is 3. The van der Waals surface area contributed by atoms with Crippen LogP contribution in [0.4, 0.5) is 22.0 Å². The van der Waals surface area contributed by atoms with Crippen LogP contribution in [0.15, 0.2) is 84.6 Å². The Kier molecular flexibility index (Phi) is 19.0. The van der Waals surface area contributed by atoms with E-state index in [-0.39, 0.29) is 44.3 Å². The van der Waals surface area contributed by atoms with E-state index in [1.54, 1.807) is 32.1 Å². The van der Waals surface area contributed by atoms with Gasteiger partial charge in [-0.1, -0.05) is 77.1 Å². The molecule has 3 aromatic carbocycles. The number of β-amino-alcohol motifs (C(OH)–C–C–N with tert-alkyl or cyclic N) is 1. The molecule has 20 nitrogen and oxygen atoms in total. The molecule has 7 aromatic rings. The predicted molar refractivity (Wildman–Crippen MR) is 351 cm³/mol. The van der Waals surface area contributed by atoms with E-state index in [1.807, 2.05) is 47.5 Å². The zero-order chi connectivity index (χ0) is 62.7. The van der Waals surface area contributed by atoms with Gasteiger partial charge in [-0.15, -0.1) is 11.3 Å². The molecule has 4 atom stereocenters. The molecule has 5 fully saturated rings. The number of likely N-dealkylation sites (tertiary alicyclic amines) is 3. The summed E-state index contributed by atoms with van der Waals surface area (Å²) in [6.07, 6.45) is 9.88. The molecule has 0 unspecified atom stereocenters. The van der Waals surface area contributed by atoms with Crippen molar-refractivity contribution in [2.75, 3.05) is 81.5 Å². The second-order valence-corrected chi connectivity index (χ2v) is 27.7. The van der Waals surface area contributed by atoms with Crippen LogP contribution in [0.1, 0.15) is 121 Å². The lowest BCUT2D eigenvalue weighted by atomic mass is 9.85. The summed E-state index contributed by atoms with van der Waals surface area (Å²) in [7, 11) is 0. The number of thiazole rings is 1. The maximum atomic E-state index is 14.8. The first-order valence-corrected chi connectivity index (χ1v) is 33.4. The van der Waals surface area contributed by atoms with Gasteiger partial charge in [0, 0.05) is 91.7 Å². The van der Waals surface area contributed by atoms with Crippen molar-refractivity contribution in [1.82, 2.24) is 60.2 Å². The number of aliphatic hydroxyl groups is 1. The highest BCUT2D eigenvalue weighted by molar-refractivity contribution is 7.13. The molecule has 4 saturated heterocycles. The first-order valence-electron chi connectivity index (χ1n) is 32.5. The summed E-state index contributed by atoms with van der Waals surface area (Å²) in [6, 6.07) is 22.0. The van der Waals surface area contributed by atoms with Crippen LogP contribution in [0.5, 0.6) is 5.75 Å². The van der Waals surface area contributed by atoms with Crippen LogP contribution in [0.25, 0.3) is 38.1 Å². The molecule has 1 saturated carbocycles. The van der Waals surface area contributed by atoms with Gasteiger partial charge < -0.3 is 51.5 Å². The van der Waals surface area contributed by atoms with E-state index in [0.717, 1.165) is 157 Å². The van der Waals surface area contributed by atoms with Gasteiger partial charge in [-0.2, -0.15) is 19.6 Å². The minimum absolute atomic E-state index is 0.0437. The molecule has 0 radical (unpaired) electrons. The molecule has 8 heterocycles. The SMILES string of the molecule is Cc1ncsc1-c1ccc(CNC(=O)[C@@H]2C[C@@H](O)CN2C(=O)[C@@H](NC(=O)C2(F)CC2)C(C)(C)C)c(OCCN2CCC(N3CCC(CNc4ccc5c(-c6ccccc6CNc6nc(N[C@@H]7CCCNC7)nc7c(C(C)C)cnn67)nccc5c4)CC3)CC2)c1. The van der Waals surface area contributed by atoms with Gasteiger partial charge in [-0.3, -0.25) is 24.3 Å². The van der Waals surface area contributed by atoms with Gasteiger partial charge >= 0.3 is 0 Å². The number of benzene rings is 3. The van der Waals surface area contributed by atoms with Crippen LogP contribution in [0.3, 0.4) is 0 Å². The first kappa shape index (κ1) is 62.8. The van der Waals surface area contributed by atoms with E-state index < -0.39 is 47.0 Å². The van der Waals surface area contributed by atoms with Gasteiger partial charge in [-0.25, -0.2) is 9.37 Å². The molecule has 0 spiro atoms. The summed E-state index contributed by atoms with van der Waals surface area (Å²) < 4.78 is 23.2.